The van der Waals surface area contributed by atoms with E-state index in [-0.39, 0.29) is 11.8 Å². The Morgan fingerprint density at radius 2 is 1.84 bits per heavy atom. The first-order valence-corrected chi connectivity index (χ1v) is 11.5. The molecule has 3 rings (SSSR count). The number of thiocarbonyl (C=S) groups is 1. The van der Waals surface area contributed by atoms with Crippen molar-refractivity contribution >= 4 is 63.5 Å². The Kier molecular flexibility index (Phi) is 8.51. The van der Waals surface area contributed by atoms with Gasteiger partial charge in [0, 0.05) is 23.7 Å². The summed E-state index contributed by atoms with van der Waals surface area (Å²) in [4.78, 5) is 27.0. The zero-order chi connectivity index (χ0) is 22.2. The number of halogens is 1. The van der Waals surface area contributed by atoms with Crippen molar-refractivity contribution in [2.75, 3.05) is 19.0 Å². The number of hydrogen-bond donors (Lipinski definition) is 1. The number of amides is 2. The molecule has 2 aromatic carbocycles. The molecule has 0 unspecified atom stereocenters. The van der Waals surface area contributed by atoms with Crippen LogP contribution in [0.4, 0.5) is 5.69 Å². The monoisotopic (exact) mass is 474 g/mol. The van der Waals surface area contributed by atoms with Gasteiger partial charge in [-0.15, -0.1) is 0 Å². The van der Waals surface area contributed by atoms with Gasteiger partial charge in [0.1, 0.15) is 10.1 Å². The number of rotatable bonds is 9. The number of carbonyl (C=O) groups excluding carboxylic acids is 2. The van der Waals surface area contributed by atoms with Gasteiger partial charge in [-0.25, -0.2) is 0 Å². The van der Waals surface area contributed by atoms with Crippen molar-refractivity contribution in [3.05, 3.63) is 64.0 Å². The van der Waals surface area contributed by atoms with Crippen molar-refractivity contribution in [1.29, 1.82) is 0 Å². The highest BCUT2D eigenvalue weighted by Gasteiger charge is 2.31. The molecule has 0 radical (unpaired) electrons. The van der Waals surface area contributed by atoms with Crippen LogP contribution in [0.2, 0.25) is 5.02 Å². The average molecular weight is 475 g/mol. The molecule has 5 nitrogen and oxygen atoms in total. The molecule has 1 aliphatic heterocycles. The van der Waals surface area contributed by atoms with E-state index in [1.165, 1.54) is 11.8 Å². The Balaban J connectivity index is 1.41. The predicted molar refractivity (Wildman–Crippen MR) is 131 cm³/mol. The number of nitrogens with one attached hydrogen (secondary N) is 1. The summed E-state index contributed by atoms with van der Waals surface area (Å²) in [6.07, 6.45) is 4.65. The molecule has 2 amide bonds. The summed E-state index contributed by atoms with van der Waals surface area (Å²) in [6, 6.07) is 14.5. The Morgan fingerprint density at radius 1 is 1.13 bits per heavy atom. The summed E-state index contributed by atoms with van der Waals surface area (Å²) in [5, 5.41) is 3.48. The normalized spacial score (nSPS) is 14.9. The Hall–Kier alpha value is -2.35. The SMILES string of the molecule is COc1ccc(/C=C2\SC(=S)N(CCCCCC(=O)Nc3ccc(Cl)cc3)C2=O)cc1. The molecule has 0 aliphatic carbocycles. The number of benzene rings is 2. The van der Waals surface area contributed by atoms with E-state index < -0.39 is 0 Å². The molecule has 0 aromatic heterocycles. The van der Waals surface area contributed by atoms with E-state index in [0.717, 1.165) is 36.3 Å². The zero-order valence-electron chi connectivity index (χ0n) is 17.1. The number of methoxy groups -OCH3 is 1. The smallest absolute Gasteiger partial charge is 0.266 e. The fourth-order valence-corrected chi connectivity index (χ4v) is 4.47. The first kappa shape index (κ1) is 23.3. The second-order valence-electron chi connectivity index (χ2n) is 6.97. The molecule has 0 saturated carbocycles. The minimum absolute atomic E-state index is 0.0321. The van der Waals surface area contributed by atoms with Crippen LogP contribution in [-0.4, -0.2) is 34.7 Å². The first-order chi connectivity index (χ1) is 15.0. The van der Waals surface area contributed by atoms with E-state index in [1.54, 1.807) is 36.3 Å². The third-order valence-corrected chi connectivity index (χ3v) is 6.33. The van der Waals surface area contributed by atoms with Gasteiger partial charge in [-0.05, 0) is 60.9 Å². The molecule has 1 heterocycles. The minimum Gasteiger partial charge on any atom is -0.497 e. The van der Waals surface area contributed by atoms with Gasteiger partial charge in [0.15, 0.2) is 0 Å². The molecule has 0 atom stereocenters. The summed E-state index contributed by atoms with van der Waals surface area (Å²) >= 11 is 12.5. The van der Waals surface area contributed by atoms with E-state index in [9.17, 15) is 9.59 Å². The Labute approximate surface area is 196 Å². The standard InChI is InChI=1S/C23H23ClN2O3S2/c1-29-19-12-6-16(7-13-19)15-20-22(28)26(23(30)31-20)14-4-2-3-5-21(27)25-18-10-8-17(24)9-11-18/h6-13,15H,2-5,14H2,1H3,(H,25,27)/b20-15-. The highest BCUT2D eigenvalue weighted by Crippen LogP contribution is 2.33. The number of ether oxygens (including phenoxy) is 1. The molecule has 1 fully saturated rings. The third kappa shape index (κ3) is 6.82. The lowest BCUT2D eigenvalue weighted by Crippen LogP contribution is -2.29. The van der Waals surface area contributed by atoms with Crippen molar-refractivity contribution in [3.63, 3.8) is 0 Å². The van der Waals surface area contributed by atoms with Crippen LogP contribution < -0.4 is 10.1 Å². The molecule has 8 heteroatoms. The molecular formula is C23H23ClN2O3S2. The molecule has 162 valence electrons. The molecular weight excluding hydrogens is 452 g/mol. The predicted octanol–water partition coefficient (Wildman–Crippen LogP) is 5.75. The van der Waals surface area contributed by atoms with Crippen LogP contribution in [0.3, 0.4) is 0 Å². The molecule has 1 aliphatic rings. The summed E-state index contributed by atoms with van der Waals surface area (Å²) in [5.74, 6) is 0.674. The minimum atomic E-state index is -0.0636. The molecule has 1 saturated heterocycles. The molecule has 1 N–H and O–H groups in total. The van der Waals surface area contributed by atoms with E-state index in [0.29, 0.717) is 27.2 Å². The van der Waals surface area contributed by atoms with Crippen molar-refractivity contribution in [3.8, 4) is 5.75 Å². The second-order valence-corrected chi connectivity index (χ2v) is 9.08. The maximum atomic E-state index is 12.7. The molecule has 0 bridgehead atoms. The average Bonchev–Trinajstić information content (AvgIpc) is 3.03. The van der Waals surface area contributed by atoms with E-state index in [2.05, 4.69) is 5.32 Å². The summed E-state index contributed by atoms with van der Waals surface area (Å²) in [6.45, 7) is 0.559. The highest BCUT2D eigenvalue weighted by atomic mass is 35.5. The zero-order valence-corrected chi connectivity index (χ0v) is 19.5. The Bertz CT molecular complexity index is 975. The van der Waals surface area contributed by atoms with Crippen molar-refractivity contribution in [2.45, 2.75) is 25.7 Å². The molecule has 0 spiro atoms. The lowest BCUT2D eigenvalue weighted by atomic mass is 10.1. The number of nitrogens with zero attached hydrogens (tertiary/aromatic N) is 1. The van der Waals surface area contributed by atoms with Gasteiger partial charge >= 0.3 is 0 Å². The van der Waals surface area contributed by atoms with Crippen LogP contribution in [0, 0.1) is 0 Å². The van der Waals surface area contributed by atoms with Crippen molar-refractivity contribution < 1.29 is 14.3 Å². The summed E-state index contributed by atoms with van der Waals surface area (Å²) in [7, 11) is 1.62. The Morgan fingerprint density at radius 3 is 2.52 bits per heavy atom. The summed E-state index contributed by atoms with van der Waals surface area (Å²) in [5.41, 5.74) is 1.66. The topological polar surface area (TPSA) is 58.6 Å². The van der Waals surface area contributed by atoms with Gasteiger partial charge in [-0.1, -0.05) is 54.1 Å². The number of anilines is 1. The van der Waals surface area contributed by atoms with Gasteiger partial charge in [0.05, 0.1) is 12.0 Å². The van der Waals surface area contributed by atoms with Gasteiger partial charge in [-0.2, -0.15) is 0 Å². The highest BCUT2D eigenvalue weighted by molar-refractivity contribution is 8.26. The maximum absolute atomic E-state index is 12.7. The number of carbonyl (C=O) groups is 2. The van der Waals surface area contributed by atoms with E-state index in [4.69, 9.17) is 28.6 Å². The lowest BCUT2D eigenvalue weighted by Gasteiger charge is -2.14. The quantitative estimate of drug-likeness (QED) is 0.285. The van der Waals surface area contributed by atoms with Crippen LogP contribution in [0.1, 0.15) is 31.2 Å². The number of hydrogen-bond acceptors (Lipinski definition) is 5. The van der Waals surface area contributed by atoms with Gasteiger partial charge in [-0.3, -0.25) is 14.5 Å². The maximum Gasteiger partial charge on any atom is 0.266 e. The van der Waals surface area contributed by atoms with E-state index in [1.807, 2.05) is 30.3 Å². The van der Waals surface area contributed by atoms with Crippen LogP contribution in [0.5, 0.6) is 5.75 Å². The molecule has 31 heavy (non-hydrogen) atoms. The summed E-state index contributed by atoms with van der Waals surface area (Å²) < 4.78 is 5.73. The van der Waals surface area contributed by atoms with Crippen LogP contribution >= 0.6 is 35.6 Å². The van der Waals surface area contributed by atoms with Crippen LogP contribution in [-0.2, 0) is 9.59 Å². The van der Waals surface area contributed by atoms with E-state index >= 15 is 0 Å². The van der Waals surface area contributed by atoms with Crippen molar-refractivity contribution in [2.24, 2.45) is 0 Å². The van der Waals surface area contributed by atoms with Crippen molar-refractivity contribution in [1.82, 2.24) is 4.90 Å². The molecule has 2 aromatic rings. The van der Waals surface area contributed by atoms with Gasteiger partial charge in [0.2, 0.25) is 5.91 Å². The van der Waals surface area contributed by atoms with Gasteiger partial charge in [0.25, 0.3) is 5.91 Å². The van der Waals surface area contributed by atoms with Gasteiger partial charge < -0.3 is 10.1 Å². The fraction of sp³-hybridized carbons (Fsp3) is 0.261. The third-order valence-electron chi connectivity index (χ3n) is 4.70. The van der Waals surface area contributed by atoms with Crippen LogP contribution in [0.25, 0.3) is 6.08 Å². The second kappa shape index (κ2) is 11.3. The largest absolute Gasteiger partial charge is 0.497 e. The fourth-order valence-electron chi connectivity index (χ4n) is 3.03. The first-order valence-electron chi connectivity index (χ1n) is 9.91. The van der Waals surface area contributed by atoms with Crippen LogP contribution in [0.15, 0.2) is 53.4 Å². The lowest BCUT2D eigenvalue weighted by molar-refractivity contribution is -0.122. The number of unbranched alkanes of at least 4 members (excludes halogenated alkanes) is 2. The number of thioether (sulfide) groups is 1.